The summed E-state index contributed by atoms with van der Waals surface area (Å²) in [5.74, 6) is -3.26. The van der Waals surface area contributed by atoms with Crippen molar-refractivity contribution in [3.8, 4) is 0 Å². The van der Waals surface area contributed by atoms with Crippen molar-refractivity contribution >= 4 is 11.9 Å². The molecule has 0 aliphatic carbocycles. The second-order valence-electron chi connectivity index (χ2n) is 4.98. The maximum absolute atomic E-state index is 11.5. The van der Waals surface area contributed by atoms with Gasteiger partial charge in [0, 0.05) is 0 Å². The number of aliphatic carboxylic acids is 2. The van der Waals surface area contributed by atoms with Crippen molar-refractivity contribution in [1.82, 2.24) is 0 Å². The fourth-order valence-corrected chi connectivity index (χ4v) is 2.32. The van der Waals surface area contributed by atoms with Crippen LogP contribution in [0.2, 0.25) is 0 Å². The molecule has 0 spiro atoms. The van der Waals surface area contributed by atoms with Gasteiger partial charge in [-0.2, -0.15) is 0 Å². The molecule has 0 amide bonds. The van der Waals surface area contributed by atoms with E-state index in [1.165, 1.54) is 0 Å². The summed E-state index contributed by atoms with van der Waals surface area (Å²) in [6.07, 6.45) is -0.346. The number of hydrogen-bond acceptors (Lipinski definition) is 4. The minimum Gasteiger partial charge on any atom is -0.549 e. The molecule has 6 heteroatoms. The van der Waals surface area contributed by atoms with Gasteiger partial charge in [-0.25, -0.2) is 0 Å². The van der Waals surface area contributed by atoms with Gasteiger partial charge in [-0.05, 0) is 24.0 Å². The Hall–Kier alpha value is 0.653. The van der Waals surface area contributed by atoms with E-state index in [4.69, 9.17) is 0 Å². The minimum absolute atomic E-state index is 0. The molecule has 108 valence electrons. The molecule has 4 nitrogen and oxygen atoms in total. The summed E-state index contributed by atoms with van der Waals surface area (Å²) < 4.78 is 0. The largest absolute Gasteiger partial charge is 1.00 e. The van der Waals surface area contributed by atoms with E-state index in [0.29, 0.717) is 11.1 Å². The van der Waals surface area contributed by atoms with Crippen LogP contribution in [0.3, 0.4) is 0 Å². The fourth-order valence-electron chi connectivity index (χ4n) is 2.32. The van der Waals surface area contributed by atoms with Crippen molar-refractivity contribution in [3.05, 3.63) is 71.8 Å². The molecule has 0 bridgehead atoms. The van der Waals surface area contributed by atoms with Crippen molar-refractivity contribution < 1.29 is 123 Å². The smallest absolute Gasteiger partial charge is 0.549 e. The van der Waals surface area contributed by atoms with Crippen LogP contribution in [0.5, 0.6) is 0 Å². The Kier molecular flexibility index (Phi) is 11.6. The third-order valence-corrected chi connectivity index (χ3v) is 3.48. The average molecular weight is 360 g/mol. The second kappa shape index (κ2) is 11.3. The maximum atomic E-state index is 11.5. The van der Waals surface area contributed by atoms with Crippen molar-refractivity contribution in [2.45, 2.75) is 12.8 Å². The molecule has 0 unspecified atom stereocenters. The van der Waals surface area contributed by atoms with Gasteiger partial charge >= 0.3 is 103 Å². The Morgan fingerprint density at radius 1 is 0.696 bits per heavy atom. The predicted molar refractivity (Wildman–Crippen MR) is 72.7 cm³/mol. The molecule has 0 saturated carbocycles. The van der Waals surface area contributed by atoms with E-state index in [2.05, 4.69) is 0 Å². The molecule has 0 fully saturated rings. The fraction of sp³-hybridized carbons (Fsp3) is 0.176. The molecule has 0 N–H and O–H groups in total. The Balaban J connectivity index is 0.00000242. The summed E-state index contributed by atoms with van der Waals surface area (Å²) in [4.78, 5) is 23.1. The molecule has 0 saturated heterocycles. The van der Waals surface area contributed by atoms with Gasteiger partial charge in [-0.1, -0.05) is 60.7 Å². The van der Waals surface area contributed by atoms with Gasteiger partial charge in [0.1, 0.15) is 0 Å². The average Bonchev–Trinajstić information content (AvgIpc) is 2.48. The van der Waals surface area contributed by atoms with E-state index in [-0.39, 0.29) is 116 Å². The molecule has 0 aliphatic heterocycles. The van der Waals surface area contributed by atoms with Crippen LogP contribution in [0.15, 0.2) is 60.7 Å². The monoisotopic (exact) mass is 360 g/mol. The second-order valence-corrected chi connectivity index (χ2v) is 4.98. The summed E-state index contributed by atoms with van der Waals surface area (Å²) in [6.45, 7) is 0. The zero-order valence-electron chi connectivity index (χ0n) is 13.3. The molecule has 2 aromatic carbocycles. The number of carbonyl (C=O) groups excluding carboxylic acids is 2. The summed E-state index contributed by atoms with van der Waals surface area (Å²) in [5.41, 5.74) is -0.855. The molecule has 0 aromatic heterocycles. The van der Waals surface area contributed by atoms with Crippen LogP contribution in [0, 0.1) is 5.41 Å². The van der Waals surface area contributed by atoms with E-state index in [1.807, 2.05) is 0 Å². The predicted octanol–water partition coefficient (Wildman–Crippen LogP) is -6.03. The van der Waals surface area contributed by atoms with Crippen LogP contribution in [-0.2, 0) is 22.4 Å². The third kappa shape index (κ3) is 6.47. The van der Waals surface area contributed by atoms with Crippen LogP contribution >= 0.6 is 0 Å². The molecule has 0 radical (unpaired) electrons. The zero-order chi connectivity index (χ0) is 15.3. The molecule has 2 aromatic rings. The molecule has 0 atom stereocenters. The standard InChI is InChI=1S/C17H16O4.2K/c18-15(19)17(16(20)21,11-13-7-3-1-4-8-13)12-14-9-5-2-6-10-14;;/h1-10H,11-12H2,(H,18,19)(H,20,21);;/q;2*+1/p-2. The molecule has 23 heavy (non-hydrogen) atoms. The van der Waals surface area contributed by atoms with Crippen molar-refractivity contribution in [2.75, 3.05) is 0 Å². The first-order valence-electron chi connectivity index (χ1n) is 6.55. The maximum Gasteiger partial charge on any atom is 1.00 e. The third-order valence-electron chi connectivity index (χ3n) is 3.48. The van der Waals surface area contributed by atoms with E-state index >= 15 is 0 Å². The van der Waals surface area contributed by atoms with Crippen molar-refractivity contribution in [1.29, 1.82) is 0 Å². The van der Waals surface area contributed by atoms with Crippen molar-refractivity contribution in [3.63, 3.8) is 0 Å². The number of benzene rings is 2. The van der Waals surface area contributed by atoms with Gasteiger partial charge in [0.05, 0.1) is 17.4 Å². The first-order chi connectivity index (χ1) is 10.0. The summed E-state index contributed by atoms with van der Waals surface area (Å²) >= 11 is 0. The molecule has 0 heterocycles. The Bertz CT molecular complexity index is 572. The minimum atomic E-state index is -2.08. The van der Waals surface area contributed by atoms with E-state index < -0.39 is 17.4 Å². The van der Waals surface area contributed by atoms with Gasteiger partial charge in [-0.3, -0.25) is 0 Å². The molecular weight excluding hydrogens is 346 g/mol. The van der Waals surface area contributed by atoms with Crippen LogP contribution < -0.4 is 113 Å². The molecule has 2 rings (SSSR count). The van der Waals surface area contributed by atoms with Gasteiger partial charge in [0.25, 0.3) is 0 Å². The van der Waals surface area contributed by atoms with Crippen LogP contribution in [0.25, 0.3) is 0 Å². The Morgan fingerprint density at radius 3 is 1.26 bits per heavy atom. The summed E-state index contributed by atoms with van der Waals surface area (Å²) in [5, 5.41) is 23.1. The SMILES string of the molecule is O=C([O-])C(Cc1ccccc1)(Cc1ccccc1)C(=O)[O-].[K+].[K+]. The van der Waals surface area contributed by atoms with Gasteiger partial charge in [0.2, 0.25) is 0 Å². The van der Waals surface area contributed by atoms with Gasteiger partial charge in [0.15, 0.2) is 0 Å². The van der Waals surface area contributed by atoms with Crippen molar-refractivity contribution in [2.24, 2.45) is 5.41 Å². The normalized spacial score (nSPS) is 10.1. The first kappa shape index (κ1) is 23.7. The van der Waals surface area contributed by atoms with Crippen LogP contribution in [-0.4, -0.2) is 11.9 Å². The number of carboxylic acids is 2. The zero-order valence-corrected chi connectivity index (χ0v) is 19.6. The number of rotatable bonds is 6. The Labute approximate surface area is 220 Å². The van der Waals surface area contributed by atoms with Crippen LogP contribution in [0.1, 0.15) is 11.1 Å². The van der Waals surface area contributed by atoms with Gasteiger partial charge in [-0.15, -0.1) is 0 Å². The molecular formula is C17H14K2O4. The van der Waals surface area contributed by atoms with Gasteiger partial charge < -0.3 is 19.8 Å². The Morgan fingerprint density at radius 2 is 1.00 bits per heavy atom. The van der Waals surface area contributed by atoms with E-state index in [1.54, 1.807) is 60.7 Å². The number of hydrogen-bond donors (Lipinski definition) is 0. The topological polar surface area (TPSA) is 80.3 Å². The van der Waals surface area contributed by atoms with E-state index in [9.17, 15) is 19.8 Å². The quantitative estimate of drug-likeness (QED) is 0.379. The van der Waals surface area contributed by atoms with E-state index in [0.717, 1.165) is 0 Å². The van der Waals surface area contributed by atoms with Crippen LogP contribution in [0.4, 0.5) is 0 Å². The number of carboxylic acid groups (broad SMARTS) is 2. The number of carbonyl (C=O) groups is 2. The summed E-state index contributed by atoms with van der Waals surface area (Å²) in [7, 11) is 0. The summed E-state index contributed by atoms with van der Waals surface area (Å²) in [6, 6.07) is 17.2. The molecule has 0 aliphatic rings. The first-order valence-corrected chi connectivity index (χ1v) is 6.55.